The number of fused-ring (bicyclic) bond motifs is 1. The van der Waals surface area contributed by atoms with Gasteiger partial charge in [-0.25, -0.2) is 4.79 Å². The lowest BCUT2D eigenvalue weighted by Gasteiger charge is -2.27. The van der Waals surface area contributed by atoms with Crippen LogP contribution in [0, 0.1) is 0 Å². The monoisotopic (exact) mass is 365 g/mol. The second kappa shape index (κ2) is 6.99. The molecule has 0 saturated heterocycles. The number of hydrogen-bond donors (Lipinski definition) is 0. The zero-order valence-corrected chi connectivity index (χ0v) is 16.0. The van der Waals surface area contributed by atoms with Crippen molar-refractivity contribution >= 4 is 17.8 Å². The second-order valence-corrected chi connectivity index (χ2v) is 7.56. The van der Waals surface area contributed by atoms with E-state index < -0.39 is 29.4 Å². The molecule has 2 aromatic carbocycles. The Morgan fingerprint density at radius 2 is 1.59 bits per heavy atom. The van der Waals surface area contributed by atoms with E-state index in [1.807, 2.05) is 36.4 Å². The lowest BCUT2D eigenvalue weighted by atomic mass is 10.0. The first-order chi connectivity index (χ1) is 12.7. The van der Waals surface area contributed by atoms with Gasteiger partial charge in [0.2, 0.25) is 0 Å². The number of rotatable bonds is 4. The molecule has 0 N–H and O–H groups in total. The number of benzene rings is 2. The summed E-state index contributed by atoms with van der Waals surface area (Å²) in [5.74, 6) is -1.47. The van der Waals surface area contributed by atoms with Gasteiger partial charge in [-0.2, -0.15) is 0 Å². The summed E-state index contributed by atoms with van der Waals surface area (Å²) in [7, 11) is 0. The maximum atomic E-state index is 13.0. The fourth-order valence-corrected chi connectivity index (χ4v) is 3.18. The minimum Gasteiger partial charge on any atom is -0.458 e. The van der Waals surface area contributed by atoms with E-state index in [-0.39, 0.29) is 0 Å². The Kier molecular flexibility index (Phi) is 4.87. The fraction of sp³-hybridized carbons (Fsp3) is 0.318. The molecule has 5 heteroatoms. The molecule has 0 spiro atoms. The zero-order valence-electron chi connectivity index (χ0n) is 16.0. The molecule has 0 bridgehead atoms. The van der Waals surface area contributed by atoms with Gasteiger partial charge >= 0.3 is 5.97 Å². The van der Waals surface area contributed by atoms with Crippen molar-refractivity contribution in [1.82, 2.24) is 4.90 Å². The van der Waals surface area contributed by atoms with Gasteiger partial charge in [-0.1, -0.05) is 43.3 Å². The maximum Gasteiger partial charge on any atom is 0.329 e. The first-order valence-corrected chi connectivity index (χ1v) is 9.03. The Morgan fingerprint density at radius 3 is 2.19 bits per heavy atom. The second-order valence-electron chi connectivity index (χ2n) is 7.56. The molecular weight excluding hydrogens is 342 g/mol. The summed E-state index contributed by atoms with van der Waals surface area (Å²) in [5.41, 5.74) is 1.76. The van der Waals surface area contributed by atoms with E-state index in [0.29, 0.717) is 17.5 Å². The highest BCUT2D eigenvalue weighted by molar-refractivity contribution is 6.23. The van der Waals surface area contributed by atoms with Gasteiger partial charge in [0.1, 0.15) is 11.6 Å². The van der Waals surface area contributed by atoms with Crippen LogP contribution in [0.4, 0.5) is 0 Å². The highest BCUT2D eigenvalue weighted by Gasteiger charge is 2.43. The summed E-state index contributed by atoms with van der Waals surface area (Å²) in [6, 6.07) is 13.9. The van der Waals surface area contributed by atoms with Crippen LogP contribution >= 0.6 is 0 Å². The summed E-state index contributed by atoms with van der Waals surface area (Å²) < 4.78 is 5.41. The first kappa shape index (κ1) is 18.8. The molecule has 5 nitrogen and oxygen atoms in total. The van der Waals surface area contributed by atoms with Crippen LogP contribution in [0.25, 0.3) is 11.1 Å². The zero-order chi connectivity index (χ0) is 19.8. The van der Waals surface area contributed by atoms with Gasteiger partial charge in [-0.15, -0.1) is 0 Å². The average molecular weight is 365 g/mol. The molecule has 0 fully saturated rings. The number of carbonyl (C=O) groups excluding carboxylic acids is 3. The third kappa shape index (κ3) is 3.63. The SMILES string of the molecule is CC[C@@H](C(=O)OC(C)(C)C)N1C(=O)c2ccc(-c3ccccc3)cc2C1=O. The molecule has 2 amide bonds. The van der Waals surface area contributed by atoms with Gasteiger partial charge in [0, 0.05) is 0 Å². The number of imide groups is 1. The number of carbonyl (C=O) groups is 3. The van der Waals surface area contributed by atoms with Crippen LogP contribution < -0.4 is 0 Å². The predicted molar refractivity (Wildman–Crippen MR) is 102 cm³/mol. The summed E-state index contributed by atoms with van der Waals surface area (Å²) >= 11 is 0. The molecule has 2 aromatic rings. The molecule has 1 aliphatic heterocycles. The van der Waals surface area contributed by atoms with Crippen molar-refractivity contribution < 1.29 is 19.1 Å². The van der Waals surface area contributed by atoms with Crippen LogP contribution in [0.2, 0.25) is 0 Å². The summed E-state index contributed by atoms with van der Waals surface area (Å²) in [5, 5.41) is 0. The molecule has 0 aliphatic carbocycles. The van der Waals surface area contributed by atoms with E-state index in [2.05, 4.69) is 0 Å². The lowest BCUT2D eigenvalue weighted by Crippen LogP contribution is -2.47. The molecular formula is C22H23NO4. The summed E-state index contributed by atoms with van der Waals surface area (Å²) in [4.78, 5) is 39.4. The van der Waals surface area contributed by atoms with E-state index in [1.165, 1.54) is 0 Å². The quantitative estimate of drug-likeness (QED) is 0.605. The van der Waals surface area contributed by atoms with Crippen molar-refractivity contribution in [3.05, 3.63) is 59.7 Å². The van der Waals surface area contributed by atoms with Crippen LogP contribution in [0.3, 0.4) is 0 Å². The van der Waals surface area contributed by atoms with Gasteiger partial charge in [-0.3, -0.25) is 14.5 Å². The molecule has 140 valence electrons. The molecule has 0 radical (unpaired) electrons. The Labute approximate surface area is 158 Å². The third-order valence-electron chi connectivity index (χ3n) is 4.40. The van der Waals surface area contributed by atoms with Gasteiger partial charge in [0.05, 0.1) is 11.1 Å². The van der Waals surface area contributed by atoms with Gasteiger partial charge in [-0.05, 0) is 50.5 Å². The minimum atomic E-state index is -0.934. The molecule has 0 unspecified atom stereocenters. The largest absolute Gasteiger partial charge is 0.458 e. The van der Waals surface area contributed by atoms with Crippen LogP contribution in [0.15, 0.2) is 48.5 Å². The Morgan fingerprint density at radius 1 is 0.963 bits per heavy atom. The summed E-state index contributed by atoms with van der Waals surface area (Å²) in [6.07, 6.45) is 0.298. The van der Waals surface area contributed by atoms with Crippen LogP contribution in [0.1, 0.15) is 54.8 Å². The van der Waals surface area contributed by atoms with E-state index in [0.717, 1.165) is 16.0 Å². The first-order valence-electron chi connectivity index (χ1n) is 9.03. The maximum absolute atomic E-state index is 13.0. The van der Waals surface area contributed by atoms with Gasteiger partial charge in [0.25, 0.3) is 11.8 Å². The smallest absolute Gasteiger partial charge is 0.329 e. The number of amides is 2. The van der Waals surface area contributed by atoms with Crippen LogP contribution in [-0.2, 0) is 9.53 Å². The fourth-order valence-electron chi connectivity index (χ4n) is 3.18. The van der Waals surface area contributed by atoms with E-state index in [9.17, 15) is 14.4 Å². The average Bonchev–Trinajstić information content (AvgIpc) is 2.86. The Hall–Kier alpha value is -2.95. The van der Waals surface area contributed by atoms with Crippen molar-refractivity contribution in [2.45, 2.75) is 45.8 Å². The molecule has 1 heterocycles. The molecule has 0 saturated carbocycles. The van der Waals surface area contributed by atoms with Gasteiger partial charge < -0.3 is 4.74 Å². The molecule has 0 aromatic heterocycles. The topological polar surface area (TPSA) is 63.7 Å². The molecule has 27 heavy (non-hydrogen) atoms. The number of hydrogen-bond acceptors (Lipinski definition) is 4. The predicted octanol–water partition coefficient (Wildman–Crippen LogP) is 4.07. The minimum absolute atomic E-state index is 0.298. The third-order valence-corrected chi connectivity index (χ3v) is 4.40. The van der Waals surface area contributed by atoms with Crippen molar-refractivity contribution in [2.75, 3.05) is 0 Å². The van der Waals surface area contributed by atoms with Crippen LogP contribution in [-0.4, -0.2) is 34.3 Å². The standard InChI is InChI=1S/C22H23NO4/c1-5-18(21(26)27-22(2,3)4)23-19(24)16-12-11-15(13-17(16)20(23)25)14-9-7-6-8-10-14/h6-13,18H,5H2,1-4H3/t18-/m0/s1. The number of ether oxygens (including phenoxy) is 1. The Bertz CT molecular complexity index is 896. The van der Waals surface area contributed by atoms with Crippen molar-refractivity contribution in [3.8, 4) is 11.1 Å². The number of nitrogens with zero attached hydrogens (tertiary/aromatic N) is 1. The van der Waals surface area contributed by atoms with E-state index in [1.54, 1.807) is 39.8 Å². The molecule has 1 aliphatic rings. The number of esters is 1. The normalized spacial score (nSPS) is 14.9. The van der Waals surface area contributed by atoms with E-state index >= 15 is 0 Å². The lowest BCUT2D eigenvalue weighted by molar-refractivity contribution is -0.159. The highest BCUT2D eigenvalue weighted by atomic mass is 16.6. The van der Waals surface area contributed by atoms with Gasteiger partial charge in [0.15, 0.2) is 0 Å². The Balaban J connectivity index is 1.94. The van der Waals surface area contributed by atoms with Crippen LogP contribution in [0.5, 0.6) is 0 Å². The van der Waals surface area contributed by atoms with Crippen molar-refractivity contribution in [1.29, 1.82) is 0 Å². The molecule has 1 atom stereocenters. The highest BCUT2D eigenvalue weighted by Crippen LogP contribution is 2.31. The summed E-state index contributed by atoms with van der Waals surface area (Å²) in [6.45, 7) is 7.03. The van der Waals surface area contributed by atoms with Crippen molar-refractivity contribution in [3.63, 3.8) is 0 Å². The molecule has 3 rings (SSSR count). The van der Waals surface area contributed by atoms with Crippen molar-refractivity contribution in [2.24, 2.45) is 0 Å². The van der Waals surface area contributed by atoms with E-state index in [4.69, 9.17) is 4.74 Å².